The number of piperazine rings is 1. The molecule has 2 aliphatic heterocycles. The summed E-state index contributed by atoms with van der Waals surface area (Å²) >= 11 is 0. The zero-order chi connectivity index (χ0) is 15.0. The van der Waals surface area contributed by atoms with Gasteiger partial charge in [-0.15, -0.1) is 0 Å². The van der Waals surface area contributed by atoms with Crippen LogP contribution >= 0.6 is 0 Å². The summed E-state index contributed by atoms with van der Waals surface area (Å²) in [5.74, 6) is -0.0112. The van der Waals surface area contributed by atoms with Crippen LogP contribution in [0, 0.1) is 0 Å². The van der Waals surface area contributed by atoms with E-state index >= 15 is 0 Å². The van der Waals surface area contributed by atoms with Gasteiger partial charge in [0, 0.05) is 33.1 Å². The number of rotatable bonds is 2. The molecule has 0 aromatic rings. The molecule has 0 radical (unpaired) electrons. The Morgan fingerprint density at radius 1 is 1.05 bits per heavy atom. The van der Waals surface area contributed by atoms with Crippen LogP contribution in [-0.4, -0.2) is 70.7 Å². The first-order chi connectivity index (χ1) is 10.0. The molecule has 116 valence electrons. The summed E-state index contributed by atoms with van der Waals surface area (Å²) in [6, 6.07) is 0. The maximum Gasteiger partial charge on any atom is 0.249 e. The van der Waals surface area contributed by atoms with Crippen LogP contribution in [0.25, 0.3) is 0 Å². The fraction of sp³-hybridized carbons (Fsp3) is 0.800. The van der Waals surface area contributed by atoms with Gasteiger partial charge in [-0.25, -0.2) is 0 Å². The number of hydrogen-bond acceptors (Lipinski definition) is 3. The van der Waals surface area contributed by atoms with E-state index in [9.17, 15) is 14.4 Å². The predicted molar refractivity (Wildman–Crippen MR) is 76.4 cm³/mol. The summed E-state index contributed by atoms with van der Waals surface area (Å²) in [7, 11) is 0. The Hall–Kier alpha value is -1.59. The van der Waals surface area contributed by atoms with Crippen molar-refractivity contribution in [2.75, 3.05) is 32.7 Å². The molecule has 1 aliphatic carbocycles. The zero-order valence-corrected chi connectivity index (χ0v) is 12.6. The number of amides is 3. The minimum absolute atomic E-state index is 0.0252. The molecule has 3 fully saturated rings. The Morgan fingerprint density at radius 3 is 2.24 bits per heavy atom. The molecular formula is C15H23N3O3. The summed E-state index contributed by atoms with van der Waals surface area (Å²) < 4.78 is 0. The van der Waals surface area contributed by atoms with E-state index in [0.717, 1.165) is 45.2 Å². The summed E-state index contributed by atoms with van der Waals surface area (Å²) in [6.45, 7) is 4.34. The number of nitrogens with zero attached hydrogens (tertiary/aromatic N) is 3. The second-order valence-corrected chi connectivity index (χ2v) is 6.37. The average Bonchev–Trinajstić information content (AvgIpc) is 2.92. The van der Waals surface area contributed by atoms with Gasteiger partial charge in [-0.1, -0.05) is 0 Å². The quantitative estimate of drug-likeness (QED) is 0.732. The van der Waals surface area contributed by atoms with E-state index in [-0.39, 0.29) is 24.3 Å². The van der Waals surface area contributed by atoms with Gasteiger partial charge in [0.05, 0.1) is 6.54 Å². The van der Waals surface area contributed by atoms with Crippen molar-refractivity contribution < 1.29 is 14.4 Å². The van der Waals surface area contributed by atoms with Crippen LogP contribution < -0.4 is 0 Å². The first-order valence-corrected chi connectivity index (χ1v) is 7.90. The van der Waals surface area contributed by atoms with Crippen molar-refractivity contribution in [1.29, 1.82) is 0 Å². The molecule has 0 atom stereocenters. The van der Waals surface area contributed by atoms with Gasteiger partial charge in [0.1, 0.15) is 5.54 Å². The molecule has 21 heavy (non-hydrogen) atoms. The third-order valence-corrected chi connectivity index (χ3v) is 5.14. The van der Waals surface area contributed by atoms with Crippen LogP contribution in [0.15, 0.2) is 0 Å². The molecule has 3 rings (SSSR count). The Bertz CT molecular complexity index is 467. The van der Waals surface area contributed by atoms with Crippen molar-refractivity contribution in [2.45, 2.75) is 44.6 Å². The highest BCUT2D eigenvalue weighted by atomic mass is 16.2. The molecule has 6 nitrogen and oxygen atoms in total. The van der Waals surface area contributed by atoms with Gasteiger partial charge in [-0.3, -0.25) is 14.4 Å². The van der Waals surface area contributed by atoms with E-state index in [1.54, 1.807) is 9.80 Å². The van der Waals surface area contributed by atoms with Gasteiger partial charge in [-0.05, 0) is 32.1 Å². The Kier molecular flexibility index (Phi) is 3.63. The largest absolute Gasteiger partial charge is 0.341 e. The van der Waals surface area contributed by atoms with Crippen molar-refractivity contribution in [2.24, 2.45) is 0 Å². The predicted octanol–water partition coefficient (Wildman–Crippen LogP) is 0.222. The highest BCUT2D eigenvalue weighted by Crippen LogP contribution is 2.41. The molecular weight excluding hydrogens is 270 g/mol. The van der Waals surface area contributed by atoms with Crippen LogP contribution in [0.5, 0.6) is 0 Å². The molecule has 1 spiro atoms. The molecule has 1 saturated carbocycles. The third-order valence-electron chi connectivity index (χ3n) is 5.14. The number of carbonyl (C=O) groups excluding carboxylic acids is 3. The SMILES string of the molecule is CC(=O)N1CCN(CC(=O)N2CCCC2)C(=O)C12CCC2. The van der Waals surface area contributed by atoms with Crippen LogP contribution in [-0.2, 0) is 14.4 Å². The smallest absolute Gasteiger partial charge is 0.249 e. The van der Waals surface area contributed by atoms with Crippen molar-refractivity contribution in [1.82, 2.24) is 14.7 Å². The Morgan fingerprint density at radius 2 is 1.71 bits per heavy atom. The summed E-state index contributed by atoms with van der Waals surface area (Å²) in [5, 5.41) is 0. The molecule has 0 unspecified atom stereocenters. The molecule has 0 aromatic carbocycles. The third kappa shape index (κ3) is 2.30. The van der Waals surface area contributed by atoms with E-state index in [0.29, 0.717) is 13.1 Å². The Labute approximate surface area is 125 Å². The second kappa shape index (κ2) is 5.31. The van der Waals surface area contributed by atoms with E-state index < -0.39 is 5.54 Å². The first kappa shape index (κ1) is 14.4. The van der Waals surface area contributed by atoms with Crippen LogP contribution in [0.1, 0.15) is 39.0 Å². The molecule has 0 aromatic heterocycles. The van der Waals surface area contributed by atoms with Gasteiger partial charge < -0.3 is 14.7 Å². The van der Waals surface area contributed by atoms with Gasteiger partial charge in [0.2, 0.25) is 17.7 Å². The lowest BCUT2D eigenvalue weighted by Gasteiger charge is -2.54. The van der Waals surface area contributed by atoms with Crippen LogP contribution in [0.4, 0.5) is 0 Å². The van der Waals surface area contributed by atoms with Gasteiger partial charge in [0.15, 0.2) is 0 Å². The van der Waals surface area contributed by atoms with Crippen molar-refractivity contribution in [3.05, 3.63) is 0 Å². The number of carbonyl (C=O) groups is 3. The molecule has 3 amide bonds. The minimum Gasteiger partial charge on any atom is -0.341 e. The van der Waals surface area contributed by atoms with E-state index in [1.165, 1.54) is 6.92 Å². The molecule has 2 saturated heterocycles. The maximum atomic E-state index is 12.8. The minimum atomic E-state index is -0.643. The highest BCUT2D eigenvalue weighted by Gasteiger charge is 2.54. The lowest BCUT2D eigenvalue weighted by molar-refractivity contribution is -0.169. The zero-order valence-electron chi connectivity index (χ0n) is 12.6. The molecule has 0 bridgehead atoms. The summed E-state index contributed by atoms with van der Waals surface area (Å²) in [6.07, 6.45) is 4.56. The number of likely N-dealkylation sites (tertiary alicyclic amines) is 1. The summed E-state index contributed by atoms with van der Waals surface area (Å²) in [5.41, 5.74) is -0.643. The highest BCUT2D eigenvalue weighted by molar-refractivity contribution is 5.95. The molecule has 2 heterocycles. The van der Waals surface area contributed by atoms with E-state index in [4.69, 9.17) is 0 Å². The van der Waals surface area contributed by atoms with Crippen molar-refractivity contribution in [3.8, 4) is 0 Å². The lowest BCUT2D eigenvalue weighted by atomic mass is 9.73. The normalized spacial score (nSPS) is 24.4. The fourth-order valence-electron chi connectivity index (χ4n) is 3.78. The monoisotopic (exact) mass is 293 g/mol. The van der Waals surface area contributed by atoms with Crippen LogP contribution in [0.2, 0.25) is 0 Å². The summed E-state index contributed by atoms with van der Waals surface area (Å²) in [4.78, 5) is 42.0. The van der Waals surface area contributed by atoms with Gasteiger partial charge in [-0.2, -0.15) is 0 Å². The van der Waals surface area contributed by atoms with E-state index in [2.05, 4.69) is 0 Å². The second-order valence-electron chi connectivity index (χ2n) is 6.37. The number of hydrogen-bond donors (Lipinski definition) is 0. The Balaban J connectivity index is 1.69. The van der Waals surface area contributed by atoms with Gasteiger partial charge >= 0.3 is 0 Å². The van der Waals surface area contributed by atoms with Gasteiger partial charge in [0.25, 0.3) is 0 Å². The standard InChI is InChI=1S/C15H23N3O3/c1-12(19)18-10-9-17(14(21)15(18)5-4-6-15)11-13(20)16-7-2-3-8-16/h2-11H2,1H3. The first-order valence-electron chi connectivity index (χ1n) is 7.90. The lowest BCUT2D eigenvalue weighted by Crippen LogP contribution is -2.70. The molecule has 6 heteroatoms. The maximum absolute atomic E-state index is 12.8. The van der Waals surface area contributed by atoms with Crippen molar-refractivity contribution >= 4 is 17.7 Å². The molecule has 3 aliphatic rings. The topological polar surface area (TPSA) is 60.9 Å². The van der Waals surface area contributed by atoms with Crippen molar-refractivity contribution in [3.63, 3.8) is 0 Å². The van der Waals surface area contributed by atoms with E-state index in [1.807, 2.05) is 4.90 Å². The molecule has 0 N–H and O–H groups in total. The fourth-order valence-corrected chi connectivity index (χ4v) is 3.78. The van der Waals surface area contributed by atoms with Crippen LogP contribution in [0.3, 0.4) is 0 Å². The average molecular weight is 293 g/mol.